The van der Waals surface area contributed by atoms with Crippen LogP contribution in [0.2, 0.25) is 0 Å². The second-order valence-electron chi connectivity index (χ2n) is 9.66. The third-order valence-electron chi connectivity index (χ3n) is 7.08. The normalized spacial score (nSPS) is 21.1. The molecule has 9 nitrogen and oxygen atoms in total. The van der Waals surface area contributed by atoms with Crippen molar-refractivity contribution in [2.45, 2.75) is 46.1 Å². The Balaban J connectivity index is 1.70. The number of benzene rings is 1. The molecule has 0 radical (unpaired) electrons. The van der Waals surface area contributed by atoms with Gasteiger partial charge in [-0.1, -0.05) is 43.5 Å². The summed E-state index contributed by atoms with van der Waals surface area (Å²) in [6.07, 6.45) is 4.92. The first-order chi connectivity index (χ1) is 16.5. The Hall–Kier alpha value is -3.04. The first-order valence-electron chi connectivity index (χ1n) is 12.2. The Morgan fingerprint density at radius 1 is 1.15 bits per heavy atom. The molecule has 1 saturated carbocycles. The number of nitrogen functional groups attached to an aromatic ring is 1. The number of hydrogen-bond acceptors (Lipinski definition) is 7. The summed E-state index contributed by atoms with van der Waals surface area (Å²) < 4.78 is 7.89. The number of nitrogens with two attached hydrogens (primary N) is 1. The van der Waals surface area contributed by atoms with Crippen LogP contribution in [0.25, 0.3) is 22.4 Å². The van der Waals surface area contributed by atoms with E-state index in [0.717, 1.165) is 48.1 Å². The van der Waals surface area contributed by atoms with Gasteiger partial charge in [0, 0.05) is 25.2 Å². The van der Waals surface area contributed by atoms with Crippen LogP contribution in [0.4, 0.5) is 5.95 Å². The van der Waals surface area contributed by atoms with Crippen molar-refractivity contribution in [3.63, 3.8) is 0 Å². The molecule has 1 aliphatic carbocycles. The molecule has 0 unspecified atom stereocenters. The molecule has 1 saturated heterocycles. The highest BCUT2D eigenvalue weighted by Gasteiger charge is 2.28. The minimum absolute atomic E-state index is 0.0242. The molecule has 0 bridgehead atoms. The number of nitrogens with zero attached hydrogens (tertiary/aromatic N) is 5. The van der Waals surface area contributed by atoms with Gasteiger partial charge < -0.3 is 14.2 Å². The predicted octanol–water partition coefficient (Wildman–Crippen LogP) is 3.07. The van der Waals surface area contributed by atoms with Gasteiger partial charge in [-0.05, 0) is 37.7 Å². The molecule has 5 rings (SSSR count). The van der Waals surface area contributed by atoms with Crippen LogP contribution in [0, 0.1) is 18.8 Å². The van der Waals surface area contributed by atoms with Crippen LogP contribution in [0.5, 0.6) is 0 Å². The molecule has 3 N–H and O–H groups in total. The first-order valence-corrected chi connectivity index (χ1v) is 12.2. The molecule has 34 heavy (non-hydrogen) atoms. The number of amides is 1. The number of anilines is 1. The zero-order valence-electron chi connectivity index (χ0n) is 20.0. The summed E-state index contributed by atoms with van der Waals surface area (Å²) in [5.41, 5.74) is 6.33. The summed E-state index contributed by atoms with van der Waals surface area (Å²) in [4.78, 5) is 28.9. The van der Waals surface area contributed by atoms with Crippen LogP contribution in [0.15, 0.2) is 24.3 Å². The third kappa shape index (κ3) is 4.50. The first kappa shape index (κ1) is 22.7. The largest absolute Gasteiger partial charge is 0.378 e. The number of nitrogens with one attached hydrogen (secondary N) is 1. The summed E-state index contributed by atoms with van der Waals surface area (Å²) in [5.74, 6) is 7.16. The van der Waals surface area contributed by atoms with Crippen LogP contribution >= 0.6 is 0 Å². The highest BCUT2D eigenvalue weighted by Crippen LogP contribution is 2.35. The lowest BCUT2D eigenvalue weighted by Crippen LogP contribution is -2.38. The lowest BCUT2D eigenvalue weighted by molar-refractivity contribution is 0.0943. The monoisotopic (exact) mass is 463 g/mol. The molecule has 1 aliphatic heterocycles. The molecule has 3 aromatic rings. The van der Waals surface area contributed by atoms with E-state index in [1.54, 1.807) is 0 Å². The number of hydrazine groups is 1. The maximum absolute atomic E-state index is 12.4. The molecule has 2 fully saturated rings. The van der Waals surface area contributed by atoms with Gasteiger partial charge in [-0.15, -0.1) is 0 Å². The fourth-order valence-corrected chi connectivity index (χ4v) is 5.13. The van der Waals surface area contributed by atoms with Gasteiger partial charge in [-0.25, -0.2) is 15.8 Å². The predicted molar refractivity (Wildman–Crippen MR) is 131 cm³/mol. The van der Waals surface area contributed by atoms with E-state index in [9.17, 15) is 4.79 Å². The minimum Gasteiger partial charge on any atom is -0.378 e. The highest BCUT2D eigenvalue weighted by atomic mass is 16.5. The van der Waals surface area contributed by atoms with Gasteiger partial charge >= 0.3 is 5.91 Å². The zero-order valence-corrected chi connectivity index (χ0v) is 20.0. The molecule has 180 valence electrons. The second-order valence-corrected chi connectivity index (χ2v) is 9.66. The highest BCUT2D eigenvalue weighted by molar-refractivity contribution is 5.96. The van der Waals surface area contributed by atoms with Gasteiger partial charge in [0.15, 0.2) is 5.65 Å². The van der Waals surface area contributed by atoms with Gasteiger partial charge in [0.05, 0.1) is 13.2 Å². The van der Waals surface area contributed by atoms with Crippen LogP contribution < -0.4 is 16.2 Å². The maximum atomic E-state index is 12.4. The summed E-state index contributed by atoms with van der Waals surface area (Å²) in [7, 11) is 0. The van der Waals surface area contributed by atoms with E-state index in [4.69, 9.17) is 20.5 Å². The summed E-state index contributed by atoms with van der Waals surface area (Å²) in [6.45, 7) is 8.14. The molecule has 1 amide bonds. The van der Waals surface area contributed by atoms with E-state index in [0.29, 0.717) is 30.5 Å². The fraction of sp³-hybridized carbons (Fsp3) is 0.520. The maximum Gasteiger partial charge on any atom is 0.303 e. The van der Waals surface area contributed by atoms with E-state index < -0.39 is 5.91 Å². The van der Waals surface area contributed by atoms with Crippen LogP contribution in [0.1, 0.15) is 48.8 Å². The summed E-state index contributed by atoms with van der Waals surface area (Å²) in [5, 5.41) is 0. The third-order valence-corrected chi connectivity index (χ3v) is 7.08. The number of imidazole rings is 1. The Morgan fingerprint density at radius 3 is 2.62 bits per heavy atom. The van der Waals surface area contributed by atoms with Crippen LogP contribution in [-0.4, -0.2) is 51.7 Å². The van der Waals surface area contributed by atoms with Crippen molar-refractivity contribution >= 4 is 23.0 Å². The van der Waals surface area contributed by atoms with Crippen molar-refractivity contribution in [1.82, 2.24) is 24.9 Å². The molecule has 1 aromatic carbocycles. The second kappa shape index (κ2) is 9.68. The minimum atomic E-state index is -0.528. The molecule has 0 spiro atoms. The fourth-order valence-electron chi connectivity index (χ4n) is 5.13. The van der Waals surface area contributed by atoms with E-state index >= 15 is 0 Å². The van der Waals surface area contributed by atoms with Crippen molar-refractivity contribution in [1.29, 1.82) is 0 Å². The van der Waals surface area contributed by atoms with E-state index in [1.807, 2.05) is 12.1 Å². The average molecular weight is 464 g/mol. The summed E-state index contributed by atoms with van der Waals surface area (Å²) in [6, 6.07) is 8.16. The SMILES string of the molecule is Cc1cccc(-c2nc(C(=O)NN)nc3nc(N4CCOCC4)n(C[C@H]4CC[C@H](C)CC4)c23)c1. The topological polar surface area (TPSA) is 111 Å². The lowest BCUT2D eigenvalue weighted by Gasteiger charge is -2.31. The van der Waals surface area contributed by atoms with E-state index in [1.165, 1.54) is 25.7 Å². The number of carbonyl (C=O) groups is 1. The van der Waals surface area contributed by atoms with Crippen molar-refractivity contribution < 1.29 is 9.53 Å². The number of aromatic nitrogens is 4. The molecule has 2 aliphatic rings. The van der Waals surface area contributed by atoms with Gasteiger partial charge in [0.1, 0.15) is 11.2 Å². The molecular weight excluding hydrogens is 430 g/mol. The Bertz CT molecular complexity index is 1180. The zero-order chi connectivity index (χ0) is 23.7. The quantitative estimate of drug-likeness (QED) is 0.340. The van der Waals surface area contributed by atoms with Crippen molar-refractivity contribution in [3.05, 3.63) is 35.7 Å². The van der Waals surface area contributed by atoms with Gasteiger partial charge in [0.25, 0.3) is 0 Å². The summed E-state index contributed by atoms with van der Waals surface area (Å²) >= 11 is 0. The average Bonchev–Trinajstić information content (AvgIpc) is 3.23. The van der Waals surface area contributed by atoms with Crippen LogP contribution in [-0.2, 0) is 11.3 Å². The molecule has 9 heteroatoms. The molecule has 3 heterocycles. The number of rotatable bonds is 5. The number of carbonyl (C=O) groups excluding carboxylic acids is 1. The number of ether oxygens (including phenoxy) is 1. The van der Waals surface area contributed by atoms with Crippen molar-refractivity contribution in [2.75, 3.05) is 31.2 Å². The number of morpholine rings is 1. The van der Waals surface area contributed by atoms with Crippen molar-refractivity contribution in [3.8, 4) is 11.3 Å². The number of aryl methyl sites for hydroxylation is 1. The Morgan fingerprint density at radius 2 is 1.91 bits per heavy atom. The van der Waals surface area contributed by atoms with E-state index in [-0.39, 0.29) is 5.82 Å². The molecule has 2 aromatic heterocycles. The number of hydrogen-bond donors (Lipinski definition) is 2. The standard InChI is InChI=1S/C25H33N7O2/c1-16-6-8-18(9-7-16)15-32-21-20(19-5-3-4-17(2)14-19)27-23(24(33)30-26)28-22(21)29-25(32)31-10-12-34-13-11-31/h3-5,14,16,18H,6-13,15,26H2,1-2H3,(H,30,33)/t16-,18-. The smallest absolute Gasteiger partial charge is 0.303 e. The van der Waals surface area contributed by atoms with Crippen molar-refractivity contribution in [2.24, 2.45) is 17.7 Å². The lowest BCUT2D eigenvalue weighted by atomic mass is 9.83. The van der Waals surface area contributed by atoms with Gasteiger partial charge in [-0.2, -0.15) is 4.98 Å². The Kier molecular flexibility index (Phi) is 6.47. The van der Waals surface area contributed by atoms with Gasteiger partial charge in [0.2, 0.25) is 11.8 Å². The molecular formula is C25H33N7O2. The van der Waals surface area contributed by atoms with Crippen LogP contribution in [0.3, 0.4) is 0 Å². The number of fused-ring (bicyclic) bond motifs is 1. The molecule has 0 atom stereocenters. The Labute approximate surface area is 199 Å². The van der Waals surface area contributed by atoms with Gasteiger partial charge in [-0.3, -0.25) is 10.2 Å². The van der Waals surface area contributed by atoms with E-state index in [2.05, 4.69) is 45.9 Å².